The van der Waals surface area contributed by atoms with E-state index >= 15 is 0 Å². The Morgan fingerprint density at radius 3 is 2.12 bits per heavy atom. The van der Waals surface area contributed by atoms with Crippen LogP contribution in [0.2, 0.25) is 0 Å². The summed E-state index contributed by atoms with van der Waals surface area (Å²) in [6.45, 7) is 1.99. The van der Waals surface area contributed by atoms with Crippen molar-refractivity contribution in [1.82, 2.24) is 0 Å². The van der Waals surface area contributed by atoms with E-state index in [2.05, 4.69) is 0 Å². The summed E-state index contributed by atoms with van der Waals surface area (Å²) >= 11 is 0. The zero-order valence-electron chi connectivity index (χ0n) is 9.49. The average molecular weight is 258 g/mol. The fourth-order valence-corrected chi connectivity index (χ4v) is 1.12. The van der Waals surface area contributed by atoms with Crippen LogP contribution in [0.25, 0.3) is 0 Å². The van der Waals surface area contributed by atoms with Gasteiger partial charge in [0.1, 0.15) is 0 Å². The topological polar surface area (TPSA) is 17.1 Å². The molecular weight excluding hydrogens is 243 g/mol. The lowest BCUT2D eigenvalue weighted by molar-refractivity contribution is -0.266. The van der Waals surface area contributed by atoms with Crippen LogP contribution in [-0.2, 0) is 4.79 Å². The van der Waals surface area contributed by atoms with Gasteiger partial charge >= 0.3 is 12.1 Å². The molecule has 0 aromatic rings. The van der Waals surface area contributed by atoms with Crippen molar-refractivity contribution in [2.45, 2.75) is 51.1 Å². The predicted octanol–water partition coefficient (Wildman–Crippen LogP) is 4.28. The lowest BCUT2D eigenvalue weighted by atomic mass is 10.1. The normalized spacial score (nSPS) is 13.3. The van der Waals surface area contributed by atoms with Gasteiger partial charge in [-0.05, 0) is 18.9 Å². The second kappa shape index (κ2) is 6.71. The fraction of sp³-hybridized carbons (Fsp3) is 0.727. The van der Waals surface area contributed by atoms with E-state index in [1.165, 1.54) is 0 Å². The minimum absolute atomic E-state index is 0.319. The predicted molar refractivity (Wildman–Crippen MR) is 53.9 cm³/mol. The smallest absolute Gasteiger partial charge is 0.288 e. The van der Waals surface area contributed by atoms with E-state index in [-0.39, 0.29) is 0 Å². The number of alkyl halides is 5. The molecule has 0 saturated carbocycles. The first-order valence-electron chi connectivity index (χ1n) is 5.39. The van der Waals surface area contributed by atoms with Gasteiger partial charge in [0.05, 0.1) is 0 Å². The molecule has 0 aromatic heterocycles. The van der Waals surface area contributed by atoms with Crippen molar-refractivity contribution in [3.05, 3.63) is 12.2 Å². The molecule has 0 heterocycles. The highest BCUT2D eigenvalue weighted by molar-refractivity contribution is 5.96. The van der Waals surface area contributed by atoms with E-state index in [0.717, 1.165) is 25.3 Å². The molecule has 0 N–H and O–H groups in total. The Kier molecular flexibility index (Phi) is 6.34. The lowest BCUT2D eigenvalue weighted by Gasteiger charge is -2.15. The maximum absolute atomic E-state index is 12.4. The van der Waals surface area contributed by atoms with Crippen LogP contribution in [0.15, 0.2) is 12.2 Å². The van der Waals surface area contributed by atoms with Gasteiger partial charge in [-0.3, -0.25) is 4.79 Å². The van der Waals surface area contributed by atoms with Crippen molar-refractivity contribution in [2.75, 3.05) is 0 Å². The van der Waals surface area contributed by atoms with Crippen LogP contribution >= 0.6 is 0 Å². The minimum atomic E-state index is -5.82. The van der Waals surface area contributed by atoms with Crippen molar-refractivity contribution >= 4 is 5.78 Å². The summed E-state index contributed by atoms with van der Waals surface area (Å²) in [7, 11) is 0. The van der Waals surface area contributed by atoms with Gasteiger partial charge in [0.25, 0.3) is 0 Å². The molecule has 0 radical (unpaired) electrons. The largest absolute Gasteiger partial charge is 0.461 e. The Labute approximate surface area is 96.7 Å². The first-order valence-corrected chi connectivity index (χ1v) is 5.39. The number of ketones is 1. The number of allylic oxidation sites excluding steroid dienone is 2. The Morgan fingerprint density at radius 2 is 1.65 bits per heavy atom. The second-order valence-electron chi connectivity index (χ2n) is 3.69. The molecule has 0 atom stereocenters. The number of halogens is 5. The first-order chi connectivity index (χ1) is 7.73. The molecule has 0 rings (SSSR count). The number of rotatable bonds is 7. The number of unbranched alkanes of at least 4 members (excludes halogenated alkanes) is 4. The van der Waals surface area contributed by atoms with Crippen LogP contribution in [0.1, 0.15) is 39.0 Å². The molecule has 0 aliphatic rings. The SMILES string of the molecule is CCCCCC/C=C/C(=O)C(F)(F)C(F)(F)F. The third-order valence-corrected chi connectivity index (χ3v) is 2.16. The van der Waals surface area contributed by atoms with Crippen LogP contribution < -0.4 is 0 Å². The Balaban J connectivity index is 4.13. The van der Waals surface area contributed by atoms with E-state index in [0.29, 0.717) is 18.9 Å². The van der Waals surface area contributed by atoms with Crippen molar-refractivity contribution in [3.8, 4) is 0 Å². The molecule has 0 unspecified atom stereocenters. The number of hydrogen-bond acceptors (Lipinski definition) is 1. The number of hydrogen-bond donors (Lipinski definition) is 0. The van der Waals surface area contributed by atoms with Crippen molar-refractivity contribution < 1.29 is 26.7 Å². The van der Waals surface area contributed by atoms with E-state index < -0.39 is 17.9 Å². The maximum Gasteiger partial charge on any atom is 0.461 e. The summed E-state index contributed by atoms with van der Waals surface area (Å²) in [4.78, 5) is 10.6. The molecule has 0 aliphatic carbocycles. The molecule has 1 nitrogen and oxygen atoms in total. The van der Waals surface area contributed by atoms with Gasteiger partial charge in [-0.1, -0.05) is 32.3 Å². The van der Waals surface area contributed by atoms with Crippen LogP contribution in [0, 0.1) is 0 Å². The monoisotopic (exact) mass is 258 g/mol. The van der Waals surface area contributed by atoms with Crippen molar-refractivity contribution in [1.29, 1.82) is 0 Å². The highest BCUT2D eigenvalue weighted by Gasteiger charge is 2.62. The molecule has 0 spiro atoms. The molecule has 6 heteroatoms. The number of carbonyl (C=O) groups is 1. The van der Waals surface area contributed by atoms with Crippen molar-refractivity contribution in [2.24, 2.45) is 0 Å². The van der Waals surface area contributed by atoms with E-state index in [1.807, 2.05) is 6.92 Å². The lowest BCUT2D eigenvalue weighted by Crippen LogP contribution is -2.43. The summed E-state index contributed by atoms with van der Waals surface area (Å²) in [5, 5.41) is 0. The van der Waals surface area contributed by atoms with Crippen molar-refractivity contribution in [3.63, 3.8) is 0 Å². The van der Waals surface area contributed by atoms with Gasteiger partial charge in [0.15, 0.2) is 0 Å². The van der Waals surface area contributed by atoms with E-state index in [4.69, 9.17) is 0 Å². The molecule has 0 fully saturated rings. The summed E-state index contributed by atoms with van der Waals surface area (Å²) in [5.74, 6) is -7.49. The zero-order valence-corrected chi connectivity index (χ0v) is 9.49. The molecule has 0 amide bonds. The Morgan fingerprint density at radius 1 is 1.06 bits per heavy atom. The van der Waals surface area contributed by atoms with Crippen LogP contribution in [0.3, 0.4) is 0 Å². The van der Waals surface area contributed by atoms with Crippen LogP contribution in [0.5, 0.6) is 0 Å². The van der Waals surface area contributed by atoms with Crippen LogP contribution in [-0.4, -0.2) is 17.9 Å². The number of carbonyl (C=O) groups excluding carboxylic acids is 1. The summed E-state index contributed by atoms with van der Waals surface area (Å²) < 4.78 is 60.1. The second-order valence-corrected chi connectivity index (χ2v) is 3.69. The van der Waals surface area contributed by atoms with Gasteiger partial charge in [0.2, 0.25) is 5.78 Å². The quantitative estimate of drug-likeness (QED) is 0.378. The minimum Gasteiger partial charge on any atom is -0.288 e. The molecule has 100 valence electrons. The fourth-order valence-electron chi connectivity index (χ4n) is 1.12. The Hall–Kier alpha value is -0.940. The third kappa shape index (κ3) is 5.28. The van der Waals surface area contributed by atoms with Crippen LogP contribution in [0.4, 0.5) is 22.0 Å². The summed E-state index contributed by atoms with van der Waals surface area (Å²) in [5.41, 5.74) is 0. The highest BCUT2D eigenvalue weighted by atomic mass is 19.4. The average Bonchev–Trinajstić information content (AvgIpc) is 2.21. The van der Waals surface area contributed by atoms with Gasteiger partial charge in [-0.25, -0.2) is 0 Å². The van der Waals surface area contributed by atoms with E-state index in [9.17, 15) is 26.7 Å². The van der Waals surface area contributed by atoms with Gasteiger partial charge in [-0.2, -0.15) is 22.0 Å². The first kappa shape index (κ1) is 16.1. The molecule has 0 saturated heterocycles. The Bertz CT molecular complexity index is 268. The third-order valence-electron chi connectivity index (χ3n) is 2.16. The maximum atomic E-state index is 12.4. The molecule has 0 aliphatic heterocycles. The molecule has 0 bridgehead atoms. The standard InChI is InChI=1S/C11H15F5O/c1-2-3-4-5-6-7-8-9(17)10(12,13)11(14,15)16/h7-8H,2-6H2,1H3/b8-7+. The summed E-state index contributed by atoms with van der Waals surface area (Å²) in [6, 6.07) is 0. The molecular formula is C11H15F5O. The van der Waals surface area contributed by atoms with Gasteiger partial charge < -0.3 is 0 Å². The summed E-state index contributed by atoms with van der Waals surface area (Å²) in [6.07, 6.45) is -0.595. The van der Waals surface area contributed by atoms with Gasteiger partial charge in [0, 0.05) is 0 Å². The highest BCUT2D eigenvalue weighted by Crippen LogP contribution is 2.36. The molecule has 0 aromatic carbocycles. The molecule has 17 heavy (non-hydrogen) atoms. The zero-order chi connectivity index (χ0) is 13.5. The van der Waals surface area contributed by atoms with Gasteiger partial charge in [-0.15, -0.1) is 0 Å². The van der Waals surface area contributed by atoms with E-state index in [1.54, 1.807) is 0 Å².